The Labute approximate surface area is 106 Å². The first-order valence-electron chi connectivity index (χ1n) is 5.21. The second-order valence-electron chi connectivity index (χ2n) is 3.45. The molecule has 0 saturated carbocycles. The number of hydrogen-bond acceptors (Lipinski definition) is 5. The van der Waals surface area contributed by atoms with E-state index in [0.717, 1.165) is 0 Å². The summed E-state index contributed by atoms with van der Waals surface area (Å²) in [5.41, 5.74) is 0. The highest BCUT2D eigenvalue weighted by Gasteiger charge is 2.35. The number of halogens is 3. The maximum absolute atomic E-state index is 12.6. The van der Waals surface area contributed by atoms with Crippen molar-refractivity contribution in [2.45, 2.75) is 6.18 Å². The van der Waals surface area contributed by atoms with Crippen LogP contribution in [0, 0.1) is 0 Å². The number of pyridine rings is 1. The maximum atomic E-state index is 12.6. The fourth-order valence-corrected chi connectivity index (χ4v) is 1.26. The molecule has 0 aromatic carbocycles. The van der Waals surface area contributed by atoms with E-state index >= 15 is 0 Å². The fraction of sp³-hybridized carbons (Fsp3) is 0.182. The van der Waals surface area contributed by atoms with Crippen molar-refractivity contribution < 1.29 is 17.9 Å². The second-order valence-corrected chi connectivity index (χ2v) is 3.45. The van der Waals surface area contributed by atoms with Crippen LogP contribution in [0.5, 0.6) is 11.6 Å². The topological polar surface area (TPSA) is 59.9 Å². The van der Waals surface area contributed by atoms with Crippen molar-refractivity contribution in [3.8, 4) is 11.6 Å². The van der Waals surface area contributed by atoms with E-state index in [2.05, 4.69) is 20.3 Å². The molecule has 2 rings (SSSR count). The molecule has 0 unspecified atom stereocenters. The van der Waals surface area contributed by atoms with E-state index in [4.69, 9.17) is 4.74 Å². The zero-order chi connectivity index (χ0) is 13.9. The van der Waals surface area contributed by atoms with Crippen LogP contribution in [-0.4, -0.2) is 22.0 Å². The third kappa shape index (κ3) is 3.30. The molecule has 2 aromatic rings. The predicted molar refractivity (Wildman–Crippen MR) is 60.9 cm³/mol. The van der Waals surface area contributed by atoms with Crippen LogP contribution in [-0.2, 0) is 6.18 Å². The molecule has 100 valence electrons. The molecule has 5 nitrogen and oxygen atoms in total. The summed E-state index contributed by atoms with van der Waals surface area (Å²) in [7, 11) is 1.45. The van der Waals surface area contributed by atoms with Crippen molar-refractivity contribution >= 4 is 5.82 Å². The zero-order valence-electron chi connectivity index (χ0n) is 9.77. The minimum absolute atomic E-state index is 0.0150. The van der Waals surface area contributed by atoms with Crippen LogP contribution in [0.3, 0.4) is 0 Å². The third-order valence-corrected chi connectivity index (χ3v) is 2.07. The highest BCUT2D eigenvalue weighted by Crippen LogP contribution is 2.30. The van der Waals surface area contributed by atoms with Gasteiger partial charge in [-0.15, -0.1) is 0 Å². The van der Waals surface area contributed by atoms with Crippen LogP contribution in [0.2, 0.25) is 0 Å². The second kappa shape index (κ2) is 5.09. The van der Waals surface area contributed by atoms with E-state index in [9.17, 15) is 13.2 Å². The maximum Gasteiger partial charge on any atom is 0.451 e. The van der Waals surface area contributed by atoms with Gasteiger partial charge in [0.2, 0.25) is 11.7 Å². The number of hydrogen-bond donors (Lipinski definition) is 1. The molecule has 1 N–H and O–H groups in total. The Kier molecular flexibility index (Phi) is 3.50. The summed E-state index contributed by atoms with van der Waals surface area (Å²) in [6, 6.07) is 4.42. The predicted octanol–water partition coefficient (Wildman–Crippen LogP) is 2.72. The van der Waals surface area contributed by atoms with Crippen LogP contribution in [0.15, 0.2) is 30.6 Å². The van der Waals surface area contributed by atoms with Gasteiger partial charge < -0.3 is 10.1 Å². The molecular formula is C11H9F3N4O. The van der Waals surface area contributed by atoms with Crippen molar-refractivity contribution in [1.29, 1.82) is 0 Å². The minimum Gasteiger partial charge on any atom is -0.437 e. The molecule has 0 radical (unpaired) electrons. The average Bonchev–Trinajstić information content (AvgIpc) is 2.38. The van der Waals surface area contributed by atoms with E-state index < -0.39 is 12.0 Å². The summed E-state index contributed by atoms with van der Waals surface area (Å²) in [5, 5.41) is 2.52. The standard InChI is InChI=1S/C11H9F3N4O/c1-15-8-5-9(18-10(17-8)11(12,13)14)19-7-3-2-4-16-6-7/h2-6H,1H3,(H,15,17,18). The van der Waals surface area contributed by atoms with Gasteiger partial charge in [-0.3, -0.25) is 4.98 Å². The number of nitrogens with zero attached hydrogens (tertiary/aromatic N) is 3. The molecule has 0 amide bonds. The molecule has 0 aliphatic rings. The summed E-state index contributed by atoms with van der Waals surface area (Å²) in [4.78, 5) is 10.4. The number of aromatic nitrogens is 3. The van der Waals surface area contributed by atoms with Gasteiger partial charge in [0.05, 0.1) is 6.20 Å². The Hall–Kier alpha value is -2.38. The third-order valence-electron chi connectivity index (χ3n) is 2.07. The highest BCUT2D eigenvalue weighted by molar-refractivity contribution is 5.39. The monoisotopic (exact) mass is 270 g/mol. The Morgan fingerprint density at radius 1 is 1.26 bits per heavy atom. The molecule has 0 bridgehead atoms. The summed E-state index contributed by atoms with van der Waals surface area (Å²) in [6.45, 7) is 0. The van der Waals surface area contributed by atoms with Crippen LogP contribution >= 0.6 is 0 Å². The normalized spacial score (nSPS) is 11.2. The first-order valence-corrected chi connectivity index (χ1v) is 5.21. The van der Waals surface area contributed by atoms with Crippen LogP contribution in [0.1, 0.15) is 5.82 Å². The Morgan fingerprint density at radius 2 is 2.05 bits per heavy atom. The lowest BCUT2D eigenvalue weighted by Crippen LogP contribution is -2.12. The van der Waals surface area contributed by atoms with Crippen molar-refractivity contribution in [3.63, 3.8) is 0 Å². The lowest BCUT2D eigenvalue weighted by atomic mass is 10.4. The molecule has 0 aliphatic carbocycles. The van der Waals surface area contributed by atoms with E-state index in [1.54, 1.807) is 12.1 Å². The van der Waals surface area contributed by atoms with Crippen molar-refractivity contribution in [2.75, 3.05) is 12.4 Å². The number of nitrogens with one attached hydrogen (secondary N) is 1. The van der Waals surface area contributed by atoms with E-state index in [0.29, 0.717) is 0 Å². The highest BCUT2D eigenvalue weighted by atomic mass is 19.4. The van der Waals surface area contributed by atoms with Crippen LogP contribution in [0.4, 0.5) is 19.0 Å². The Bertz CT molecular complexity index is 560. The van der Waals surface area contributed by atoms with Gasteiger partial charge >= 0.3 is 6.18 Å². The Balaban J connectivity index is 2.35. The quantitative estimate of drug-likeness (QED) is 0.929. The number of ether oxygens (including phenoxy) is 1. The lowest BCUT2D eigenvalue weighted by Gasteiger charge is -2.10. The molecule has 0 fully saturated rings. The van der Waals surface area contributed by atoms with E-state index in [1.165, 1.54) is 25.5 Å². The Morgan fingerprint density at radius 3 is 2.63 bits per heavy atom. The first-order chi connectivity index (χ1) is 8.99. The molecule has 0 aliphatic heterocycles. The molecule has 0 atom stereocenters. The first kappa shape index (κ1) is 13.1. The van der Waals surface area contributed by atoms with Gasteiger partial charge in [-0.05, 0) is 12.1 Å². The van der Waals surface area contributed by atoms with Crippen molar-refractivity contribution in [2.24, 2.45) is 0 Å². The summed E-state index contributed by atoms with van der Waals surface area (Å²) in [6.07, 6.45) is -1.75. The van der Waals surface area contributed by atoms with Crippen LogP contribution in [0.25, 0.3) is 0 Å². The molecule has 8 heteroatoms. The number of anilines is 1. The molecule has 2 aromatic heterocycles. The van der Waals surface area contributed by atoms with Crippen molar-refractivity contribution in [3.05, 3.63) is 36.4 Å². The van der Waals surface area contributed by atoms with Gasteiger partial charge in [0.15, 0.2) is 0 Å². The number of rotatable bonds is 3. The van der Waals surface area contributed by atoms with Crippen molar-refractivity contribution in [1.82, 2.24) is 15.0 Å². The largest absolute Gasteiger partial charge is 0.451 e. The fourth-order valence-electron chi connectivity index (χ4n) is 1.26. The van der Waals surface area contributed by atoms with Gasteiger partial charge in [0.25, 0.3) is 0 Å². The minimum atomic E-state index is -4.64. The van der Waals surface area contributed by atoms with Gasteiger partial charge in [0.1, 0.15) is 11.6 Å². The lowest BCUT2D eigenvalue weighted by molar-refractivity contribution is -0.145. The summed E-state index contributed by atoms with van der Waals surface area (Å²) in [5.74, 6) is -1.17. The zero-order valence-corrected chi connectivity index (χ0v) is 9.77. The molecule has 19 heavy (non-hydrogen) atoms. The van der Waals surface area contributed by atoms with E-state index in [1.807, 2.05) is 0 Å². The molecule has 0 saturated heterocycles. The average molecular weight is 270 g/mol. The summed E-state index contributed by atoms with van der Waals surface area (Å²) < 4.78 is 43.0. The molecule has 2 heterocycles. The van der Waals surface area contributed by atoms with E-state index in [-0.39, 0.29) is 17.4 Å². The number of alkyl halides is 3. The van der Waals surface area contributed by atoms with Gasteiger partial charge in [-0.2, -0.15) is 18.2 Å². The summed E-state index contributed by atoms with van der Waals surface area (Å²) >= 11 is 0. The van der Waals surface area contributed by atoms with Gasteiger partial charge in [0, 0.05) is 19.3 Å². The van der Waals surface area contributed by atoms with Crippen LogP contribution < -0.4 is 10.1 Å². The molecule has 0 spiro atoms. The van der Waals surface area contributed by atoms with Gasteiger partial charge in [-0.1, -0.05) is 0 Å². The SMILES string of the molecule is CNc1cc(Oc2cccnc2)nc(C(F)(F)F)n1. The smallest absolute Gasteiger partial charge is 0.437 e. The van der Waals surface area contributed by atoms with Gasteiger partial charge in [-0.25, -0.2) is 4.98 Å². The molecular weight excluding hydrogens is 261 g/mol.